The van der Waals surface area contributed by atoms with Gasteiger partial charge < -0.3 is 9.26 Å². The molecular weight excluding hydrogens is 352 g/mol. The number of nitrogens with zero attached hydrogens (tertiary/aromatic N) is 4. The summed E-state index contributed by atoms with van der Waals surface area (Å²) in [4.78, 5) is 8.80. The van der Waals surface area contributed by atoms with Gasteiger partial charge in [0.25, 0.3) is 0 Å². The van der Waals surface area contributed by atoms with Gasteiger partial charge in [-0.05, 0) is 6.26 Å². The molecule has 24 heavy (non-hydrogen) atoms. The van der Waals surface area contributed by atoms with E-state index in [0.717, 1.165) is 19.6 Å². The first-order chi connectivity index (χ1) is 11.5. The number of fused-ring (bicyclic) bond motifs is 1. The van der Waals surface area contributed by atoms with Crippen molar-refractivity contribution < 1.29 is 17.7 Å². The van der Waals surface area contributed by atoms with Gasteiger partial charge in [-0.2, -0.15) is 16.7 Å². The van der Waals surface area contributed by atoms with E-state index in [1.807, 2.05) is 6.26 Å². The molecule has 0 radical (unpaired) electrons. The highest BCUT2D eigenvalue weighted by Crippen LogP contribution is 2.27. The summed E-state index contributed by atoms with van der Waals surface area (Å²) in [5.74, 6) is 2.39. The molecule has 1 aromatic heterocycles. The number of ether oxygens (including phenoxy) is 1. The molecule has 0 spiro atoms. The normalized spacial score (nSPS) is 27.4. The number of hydrogen-bond donors (Lipinski definition) is 0. The van der Waals surface area contributed by atoms with Gasteiger partial charge >= 0.3 is 0 Å². The van der Waals surface area contributed by atoms with E-state index in [2.05, 4.69) is 19.9 Å². The highest BCUT2D eigenvalue weighted by Gasteiger charge is 2.46. The Morgan fingerprint density at radius 2 is 2.00 bits per heavy atom. The van der Waals surface area contributed by atoms with Gasteiger partial charge in [-0.15, -0.1) is 0 Å². The van der Waals surface area contributed by atoms with Gasteiger partial charge in [0.05, 0.1) is 30.4 Å². The number of rotatable bonds is 7. The fourth-order valence-electron chi connectivity index (χ4n) is 3.49. The molecule has 3 heterocycles. The molecule has 0 aliphatic carbocycles. The average Bonchev–Trinajstić information content (AvgIpc) is 3.10. The van der Waals surface area contributed by atoms with E-state index in [0.29, 0.717) is 30.6 Å². The van der Waals surface area contributed by atoms with Gasteiger partial charge in [0, 0.05) is 38.8 Å². The lowest BCUT2D eigenvalue weighted by molar-refractivity contribution is 0.0205. The molecule has 8 nitrogen and oxygen atoms in total. The van der Waals surface area contributed by atoms with Crippen LogP contribution in [0.1, 0.15) is 11.7 Å². The molecule has 2 saturated heterocycles. The third kappa shape index (κ3) is 4.10. The minimum Gasteiger partial charge on any atom is -0.383 e. The Labute approximate surface area is 146 Å². The van der Waals surface area contributed by atoms with Crippen molar-refractivity contribution >= 4 is 21.6 Å². The summed E-state index contributed by atoms with van der Waals surface area (Å²) < 4.78 is 34.8. The SMILES string of the molecule is COCCN1CCN(Cc2nc(CSC)no2)[C@@H]2CS(=O)(=O)C[C@@H]21. The lowest BCUT2D eigenvalue weighted by Gasteiger charge is -2.43. The Hall–Kier alpha value is -0.680. The lowest BCUT2D eigenvalue weighted by Crippen LogP contribution is -2.59. The second-order valence-corrected chi connectivity index (χ2v) is 9.27. The maximum Gasteiger partial charge on any atom is 0.240 e. The molecule has 2 aliphatic rings. The molecule has 2 fully saturated rings. The minimum atomic E-state index is -3.01. The third-order valence-electron chi connectivity index (χ3n) is 4.61. The average molecular weight is 377 g/mol. The number of methoxy groups -OCH3 is 1. The molecule has 0 amide bonds. The van der Waals surface area contributed by atoms with Gasteiger partial charge in [-0.1, -0.05) is 5.16 Å². The highest BCUT2D eigenvalue weighted by molar-refractivity contribution is 7.97. The van der Waals surface area contributed by atoms with Gasteiger partial charge in [-0.25, -0.2) is 8.42 Å². The van der Waals surface area contributed by atoms with Gasteiger partial charge in [0.15, 0.2) is 15.7 Å². The summed E-state index contributed by atoms with van der Waals surface area (Å²) in [5.41, 5.74) is 0. The van der Waals surface area contributed by atoms with Crippen molar-refractivity contribution in [1.82, 2.24) is 19.9 Å². The Morgan fingerprint density at radius 1 is 1.29 bits per heavy atom. The summed E-state index contributed by atoms with van der Waals surface area (Å²) in [6, 6.07) is 0.00370. The molecule has 0 unspecified atom stereocenters. The molecule has 10 heteroatoms. The van der Waals surface area contributed by atoms with Crippen LogP contribution in [0.5, 0.6) is 0 Å². The van der Waals surface area contributed by atoms with Crippen LogP contribution in [-0.4, -0.2) is 91.6 Å². The molecule has 3 rings (SSSR count). The van der Waals surface area contributed by atoms with E-state index in [1.54, 1.807) is 18.9 Å². The summed E-state index contributed by atoms with van der Waals surface area (Å²) >= 11 is 1.64. The van der Waals surface area contributed by atoms with Crippen LogP contribution in [0.15, 0.2) is 4.52 Å². The number of thioether (sulfide) groups is 1. The highest BCUT2D eigenvalue weighted by atomic mass is 32.2. The molecule has 0 bridgehead atoms. The molecular formula is C14H24N4O4S2. The van der Waals surface area contributed by atoms with Crippen molar-refractivity contribution in [2.45, 2.75) is 24.4 Å². The van der Waals surface area contributed by atoms with Crippen molar-refractivity contribution in [3.05, 3.63) is 11.7 Å². The summed E-state index contributed by atoms with van der Waals surface area (Å²) in [6.07, 6.45) is 1.99. The van der Waals surface area contributed by atoms with Crippen LogP contribution in [-0.2, 0) is 26.9 Å². The third-order valence-corrected chi connectivity index (χ3v) is 6.86. The first-order valence-electron chi connectivity index (χ1n) is 8.00. The zero-order chi connectivity index (χ0) is 17.2. The molecule has 136 valence electrons. The smallest absolute Gasteiger partial charge is 0.240 e. The second-order valence-electron chi connectivity index (χ2n) is 6.25. The van der Waals surface area contributed by atoms with Crippen molar-refractivity contribution in [1.29, 1.82) is 0 Å². The quantitative estimate of drug-likeness (QED) is 0.645. The zero-order valence-electron chi connectivity index (χ0n) is 14.0. The molecule has 2 aliphatic heterocycles. The van der Waals surface area contributed by atoms with Crippen molar-refractivity contribution in [3.8, 4) is 0 Å². The Kier molecular flexibility index (Phi) is 5.81. The fourth-order valence-corrected chi connectivity index (χ4v) is 5.91. The summed E-state index contributed by atoms with van der Waals surface area (Å²) in [5, 5.41) is 3.96. The fraction of sp³-hybridized carbons (Fsp3) is 0.857. The van der Waals surface area contributed by atoms with E-state index in [9.17, 15) is 8.42 Å². The van der Waals surface area contributed by atoms with Gasteiger partial charge in [0.1, 0.15) is 0 Å². The topological polar surface area (TPSA) is 88.8 Å². The lowest BCUT2D eigenvalue weighted by atomic mass is 10.0. The zero-order valence-corrected chi connectivity index (χ0v) is 15.7. The van der Waals surface area contributed by atoms with Crippen LogP contribution >= 0.6 is 11.8 Å². The van der Waals surface area contributed by atoms with Gasteiger partial charge in [-0.3, -0.25) is 9.80 Å². The maximum atomic E-state index is 12.2. The minimum absolute atomic E-state index is 0.0171. The van der Waals surface area contributed by atoms with E-state index in [-0.39, 0.29) is 23.6 Å². The summed E-state index contributed by atoms with van der Waals surface area (Å²) in [6.45, 7) is 3.51. The second kappa shape index (κ2) is 7.69. The van der Waals surface area contributed by atoms with Crippen LogP contribution in [0, 0.1) is 0 Å². The Morgan fingerprint density at radius 3 is 2.71 bits per heavy atom. The van der Waals surface area contributed by atoms with Crippen molar-refractivity contribution in [2.75, 3.05) is 51.1 Å². The van der Waals surface area contributed by atoms with Crippen LogP contribution in [0.25, 0.3) is 0 Å². The van der Waals surface area contributed by atoms with E-state index in [4.69, 9.17) is 9.26 Å². The molecule has 0 aromatic carbocycles. The van der Waals surface area contributed by atoms with E-state index < -0.39 is 9.84 Å². The largest absolute Gasteiger partial charge is 0.383 e. The first-order valence-corrected chi connectivity index (χ1v) is 11.2. The van der Waals surface area contributed by atoms with E-state index >= 15 is 0 Å². The van der Waals surface area contributed by atoms with Crippen molar-refractivity contribution in [2.24, 2.45) is 0 Å². The van der Waals surface area contributed by atoms with Crippen LogP contribution < -0.4 is 0 Å². The van der Waals surface area contributed by atoms with Crippen LogP contribution in [0.3, 0.4) is 0 Å². The number of piperazine rings is 1. The standard InChI is InChI=1S/C14H24N4O4S2/c1-21-6-5-17-3-4-18(12-10-24(19,20)9-11(12)17)7-14-15-13(8-23-2)16-22-14/h11-12H,3-10H2,1-2H3/t11-,12+/m0/s1. The molecule has 2 atom stereocenters. The molecule has 0 saturated carbocycles. The predicted molar refractivity (Wildman–Crippen MR) is 91.6 cm³/mol. The Bertz CT molecular complexity index is 651. The predicted octanol–water partition coefficient (Wildman–Crippen LogP) is -0.138. The van der Waals surface area contributed by atoms with Crippen LogP contribution in [0.2, 0.25) is 0 Å². The Balaban J connectivity index is 1.70. The first kappa shape index (κ1) is 18.1. The van der Waals surface area contributed by atoms with Gasteiger partial charge in [0.2, 0.25) is 5.89 Å². The number of sulfone groups is 1. The molecule has 0 N–H and O–H groups in total. The van der Waals surface area contributed by atoms with Crippen molar-refractivity contribution in [3.63, 3.8) is 0 Å². The van der Waals surface area contributed by atoms with E-state index in [1.165, 1.54) is 0 Å². The molecule has 1 aromatic rings. The number of aromatic nitrogens is 2. The van der Waals surface area contributed by atoms with Crippen LogP contribution in [0.4, 0.5) is 0 Å². The number of hydrogen-bond acceptors (Lipinski definition) is 9. The monoisotopic (exact) mass is 376 g/mol. The summed E-state index contributed by atoms with van der Waals surface area (Å²) in [7, 11) is -1.34. The maximum absolute atomic E-state index is 12.2.